The van der Waals surface area contributed by atoms with E-state index in [1.54, 1.807) is 10.4 Å². The van der Waals surface area contributed by atoms with Crippen molar-refractivity contribution in [2.75, 3.05) is 9.80 Å². The van der Waals surface area contributed by atoms with Crippen LogP contribution >= 0.6 is 11.3 Å². The Labute approximate surface area is 532 Å². The van der Waals surface area contributed by atoms with Crippen LogP contribution in [0.4, 0.5) is 34.3 Å². The van der Waals surface area contributed by atoms with E-state index in [0.717, 1.165) is 89.6 Å². The summed E-state index contributed by atoms with van der Waals surface area (Å²) in [5, 5.41) is 4.79. The number of benzene rings is 8. The van der Waals surface area contributed by atoms with E-state index in [-0.39, 0.29) is 33.8 Å². The molecule has 3 aliphatic carbocycles. The number of nitrogens with zero attached hydrogens (tertiary/aromatic N) is 4. The summed E-state index contributed by atoms with van der Waals surface area (Å²) in [7, 11) is 0. The molecule has 1 fully saturated rings. The van der Waals surface area contributed by atoms with Crippen LogP contribution in [-0.4, -0.2) is 16.3 Å². The lowest BCUT2D eigenvalue weighted by Crippen LogP contribution is -2.61. The molecule has 444 valence electrons. The third-order valence-corrected chi connectivity index (χ3v) is 22.8. The number of anilines is 6. The van der Waals surface area contributed by atoms with Crippen molar-refractivity contribution in [3.05, 3.63) is 221 Å². The molecule has 0 unspecified atom stereocenters. The Balaban J connectivity index is 1.05. The zero-order valence-electron chi connectivity index (χ0n) is 53.8. The minimum atomic E-state index is -0.224. The maximum atomic E-state index is 7.64. The summed E-state index contributed by atoms with van der Waals surface area (Å²) in [4.78, 5) is 11.4. The molecule has 6 nitrogen and oxygen atoms in total. The van der Waals surface area contributed by atoms with Gasteiger partial charge in [-0.1, -0.05) is 173 Å². The molecule has 8 aromatic carbocycles. The Morgan fingerprint density at radius 3 is 1.83 bits per heavy atom. The molecule has 2 aliphatic heterocycles. The van der Waals surface area contributed by atoms with Gasteiger partial charge in [-0.25, -0.2) is 0 Å². The largest absolute Gasteiger partial charge is 0.440 e. The number of aromatic nitrogens is 2. The quantitative estimate of drug-likeness (QED) is 0.155. The number of aryl methyl sites for hydroxylation is 1. The van der Waals surface area contributed by atoms with Gasteiger partial charge in [-0.15, -0.1) is 11.3 Å². The van der Waals surface area contributed by atoms with Crippen molar-refractivity contribution in [3.8, 4) is 39.3 Å². The highest BCUT2D eigenvalue weighted by Crippen LogP contribution is 2.62. The van der Waals surface area contributed by atoms with Crippen LogP contribution in [0, 0.1) is 6.92 Å². The predicted molar refractivity (Wildman–Crippen MR) is 380 cm³/mol. The number of thiophene rings is 1. The average Bonchev–Trinajstić information content (AvgIpc) is 1.34. The average molecular weight is 1190 g/mol. The molecule has 0 atom stereocenters. The number of rotatable bonds is 6. The zero-order chi connectivity index (χ0) is 61.7. The zero-order valence-corrected chi connectivity index (χ0v) is 54.6. The van der Waals surface area contributed by atoms with E-state index in [4.69, 9.17) is 13.8 Å². The van der Waals surface area contributed by atoms with Crippen molar-refractivity contribution >= 4 is 112 Å². The molecular weight excluding hydrogens is 1120 g/mol. The van der Waals surface area contributed by atoms with Gasteiger partial charge >= 0.3 is 0 Å². The van der Waals surface area contributed by atoms with Gasteiger partial charge in [0.25, 0.3) is 6.71 Å². The topological polar surface area (TPSA) is 50.6 Å². The predicted octanol–water partition coefficient (Wildman–Crippen LogP) is 21.1. The second kappa shape index (κ2) is 19.1. The van der Waals surface area contributed by atoms with Crippen molar-refractivity contribution in [1.29, 1.82) is 0 Å². The normalized spacial score (nSPS) is 17.8. The Kier molecular flexibility index (Phi) is 11.7. The molecule has 0 amide bonds. The van der Waals surface area contributed by atoms with Crippen LogP contribution in [0.1, 0.15) is 135 Å². The molecule has 8 heteroatoms. The highest BCUT2D eigenvalue weighted by molar-refractivity contribution is 7.22. The summed E-state index contributed by atoms with van der Waals surface area (Å²) < 4.78 is 18.9. The molecule has 5 aromatic heterocycles. The summed E-state index contributed by atoms with van der Waals surface area (Å²) >= 11 is 2.09. The van der Waals surface area contributed by atoms with Gasteiger partial charge in [-0.05, 0) is 199 Å². The van der Waals surface area contributed by atoms with Crippen LogP contribution in [0.5, 0.6) is 0 Å². The maximum Gasteiger partial charge on any atom is 0.258 e. The molecule has 18 rings (SSSR count). The van der Waals surface area contributed by atoms with E-state index in [9.17, 15) is 0 Å². The van der Waals surface area contributed by atoms with E-state index in [0.29, 0.717) is 0 Å². The lowest BCUT2D eigenvalue weighted by Gasteiger charge is -2.50. The van der Waals surface area contributed by atoms with Crippen LogP contribution in [0.25, 0.3) is 82.3 Å². The van der Waals surface area contributed by atoms with Gasteiger partial charge in [-0.2, -0.15) is 0 Å². The fraction of sp³-hybridized carbons (Fsp3) is 0.256. The third-order valence-electron chi connectivity index (χ3n) is 21.2. The van der Waals surface area contributed by atoms with E-state index in [1.807, 2.05) is 18.5 Å². The summed E-state index contributed by atoms with van der Waals surface area (Å²) in [6.45, 7) is 28.0. The fourth-order valence-electron chi connectivity index (χ4n) is 16.0. The first-order valence-corrected chi connectivity index (χ1v) is 33.3. The van der Waals surface area contributed by atoms with E-state index < -0.39 is 0 Å². The van der Waals surface area contributed by atoms with Crippen LogP contribution in [0.2, 0.25) is 0 Å². The van der Waals surface area contributed by atoms with E-state index >= 15 is 0 Å². The van der Waals surface area contributed by atoms with Crippen molar-refractivity contribution in [3.63, 3.8) is 0 Å². The lowest BCUT2D eigenvalue weighted by molar-refractivity contribution is 0.194. The summed E-state index contributed by atoms with van der Waals surface area (Å²) in [6, 6.07) is 66.6. The first-order valence-electron chi connectivity index (χ1n) is 32.4. The number of furan rings is 2. The fourth-order valence-corrected chi connectivity index (χ4v) is 17.7. The van der Waals surface area contributed by atoms with Crippen molar-refractivity contribution < 1.29 is 8.83 Å². The van der Waals surface area contributed by atoms with Gasteiger partial charge in [0.05, 0.1) is 28.0 Å². The van der Waals surface area contributed by atoms with Crippen LogP contribution in [0.3, 0.4) is 0 Å². The summed E-state index contributed by atoms with van der Waals surface area (Å²) in [5.41, 5.74) is 25.3. The number of hydrogen-bond donors (Lipinski definition) is 0. The number of fused-ring (bicyclic) bond motifs is 13. The Hall–Kier alpha value is -8.85. The molecule has 0 N–H and O–H groups in total. The van der Waals surface area contributed by atoms with Crippen molar-refractivity contribution in [2.24, 2.45) is 0 Å². The maximum absolute atomic E-state index is 7.64. The highest BCUT2D eigenvalue weighted by Gasteiger charge is 2.53. The number of hydrogen-bond acceptors (Lipinski definition) is 6. The van der Waals surface area contributed by atoms with Gasteiger partial charge in [0.15, 0.2) is 5.88 Å². The molecule has 13 aromatic rings. The molecule has 1 saturated carbocycles. The molecule has 7 heterocycles. The minimum absolute atomic E-state index is 0.0673. The lowest BCUT2D eigenvalue weighted by atomic mass is 9.33. The van der Waals surface area contributed by atoms with Gasteiger partial charge in [0.2, 0.25) is 5.71 Å². The van der Waals surface area contributed by atoms with Crippen molar-refractivity contribution in [2.45, 2.75) is 136 Å². The SMILES string of the molecule is Cc1cc(C(C)(C)C)ccc1N1c2cc(-n3c4ccc(-c5ccccc5)cc4c4c5cc(C(C)(C)C)ccc5oc43)cc3c2B(c2cc(-c4cccnc4)oc21)c1c(ccc2c4c(sc12)C1(C)CCC4(C)CC1)N3c1ccc(C(C)(C)C)cc1-c1ccccc1. The number of pyridine rings is 1. The summed E-state index contributed by atoms with van der Waals surface area (Å²) in [5.74, 6) is 1.62. The van der Waals surface area contributed by atoms with E-state index in [2.05, 4.69) is 279 Å². The first-order chi connectivity index (χ1) is 43.1. The standard InChI is InChI=1S/C82H75BN4O2S/c1-48-40-53(78(2,3)4)26-31-62(48)87-67-45-56(85-64-30-25-51(49-20-15-13-16-21-49)41-59(64)70-60-43-55(80(8,9)10)28-34-68(60)88-77(70)85)44-66-72(67)83(61-46-69(89-76(61)87)52-24-19-39-84-47-52)73-65(33-29-57-71-75(90-74(57)73)82(12)37-35-81(71,11)36-38-82)86(66)63-32-27-54(79(5,6)7)42-58(63)50-22-17-14-18-23-50/h13-34,39-47H,35-38H2,1-12H3. The van der Waals surface area contributed by atoms with Gasteiger partial charge in [0, 0.05) is 66.3 Å². The highest BCUT2D eigenvalue weighted by atomic mass is 32.1. The minimum Gasteiger partial charge on any atom is -0.440 e. The monoisotopic (exact) mass is 1190 g/mol. The van der Waals surface area contributed by atoms with E-state index in [1.165, 1.54) is 91.3 Å². The molecule has 0 saturated heterocycles. The van der Waals surface area contributed by atoms with Gasteiger partial charge < -0.3 is 13.7 Å². The van der Waals surface area contributed by atoms with Crippen LogP contribution < -0.4 is 26.2 Å². The Morgan fingerprint density at radius 1 is 0.511 bits per heavy atom. The Bertz CT molecular complexity index is 5130. The molecule has 90 heavy (non-hydrogen) atoms. The van der Waals surface area contributed by atoms with Crippen molar-refractivity contribution in [1.82, 2.24) is 9.55 Å². The van der Waals surface area contributed by atoms with Crippen LogP contribution in [0.15, 0.2) is 197 Å². The first kappa shape index (κ1) is 55.2. The smallest absolute Gasteiger partial charge is 0.258 e. The van der Waals surface area contributed by atoms with Gasteiger partial charge in [-0.3, -0.25) is 14.5 Å². The van der Waals surface area contributed by atoms with Crippen LogP contribution in [-0.2, 0) is 27.1 Å². The molecule has 5 aliphatic rings. The Morgan fingerprint density at radius 2 is 1.14 bits per heavy atom. The second-order valence-corrected chi connectivity index (χ2v) is 31.2. The van der Waals surface area contributed by atoms with Gasteiger partial charge in [0.1, 0.15) is 11.3 Å². The third kappa shape index (κ3) is 8.11. The molecular formula is C82H75BN4O2S. The summed E-state index contributed by atoms with van der Waals surface area (Å²) in [6.07, 6.45) is 8.67. The second-order valence-electron chi connectivity index (χ2n) is 30.2. The molecule has 0 radical (unpaired) electrons. The molecule has 0 spiro atoms. The molecule has 2 bridgehead atoms.